The Morgan fingerprint density at radius 2 is 1.65 bits per heavy atom. The van der Waals surface area contributed by atoms with E-state index >= 15 is 0 Å². The van der Waals surface area contributed by atoms with Gasteiger partial charge in [0.05, 0.1) is 4.90 Å². The van der Waals surface area contributed by atoms with Gasteiger partial charge in [-0.25, -0.2) is 13.6 Å². The second kappa shape index (κ2) is 8.41. The Labute approximate surface area is 152 Å². The Kier molecular flexibility index (Phi) is 6.26. The van der Waals surface area contributed by atoms with E-state index in [0.29, 0.717) is 5.56 Å². The van der Waals surface area contributed by atoms with Crippen LogP contribution in [0.4, 0.5) is 0 Å². The van der Waals surface area contributed by atoms with Crippen LogP contribution < -0.4 is 15.8 Å². The molecule has 0 aliphatic carbocycles. The lowest BCUT2D eigenvalue weighted by Crippen LogP contribution is -2.33. The first-order valence-electron chi connectivity index (χ1n) is 7.70. The summed E-state index contributed by atoms with van der Waals surface area (Å²) in [5.74, 6) is -0.820. The molecule has 0 unspecified atom stereocenters. The van der Waals surface area contributed by atoms with E-state index < -0.39 is 15.9 Å². The summed E-state index contributed by atoms with van der Waals surface area (Å²) in [5.41, 5.74) is 1.57. The number of carbonyl (C=O) groups excluding carboxylic acids is 2. The van der Waals surface area contributed by atoms with E-state index in [1.54, 1.807) is 30.3 Å². The fraction of sp³-hybridized carbons (Fsp3) is 0.111. The first-order valence-corrected chi connectivity index (χ1v) is 9.24. The molecule has 2 amide bonds. The van der Waals surface area contributed by atoms with E-state index in [1.807, 2.05) is 18.2 Å². The Bertz CT molecular complexity index is 921. The van der Waals surface area contributed by atoms with Gasteiger partial charge >= 0.3 is 0 Å². The third-order valence-electron chi connectivity index (χ3n) is 3.37. The number of primary sulfonamides is 1. The highest BCUT2D eigenvalue weighted by Gasteiger charge is 2.12. The Morgan fingerprint density at radius 3 is 2.19 bits per heavy atom. The highest BCUT2D eigenvalue weighted by Crippen LogP contribution is 2.09. The summed E-state index contributed by atoms with van der Waals surface area (Å²) in [5, 5.41) is 10.2. The number of nitrogens with one attached hydrogen (secondary N) is 2. The summed E-state index contributed by atoms with van der Waals surface area (Å²) >= 11 is 0. The fourth-order valence-electron chi connectivity index (χ4n) is 2.14. The van der Waals surface area contributed by atoms with Crippen molar-refractivity contribution in [3.05, 3.63) is 71.4 Å². The van der Waals surface area contributed by atoms with Crippen LogP contribution in [0.5, 0.6) is 0 Å². The maximum absolute atomic E-state index is 12.4. The lowest BCUT2D eigenvalue weighted by Gasteiger charge is -2.10. The standard InChI is InChI=1S/C18H19N3O4S/c1-13(22)21-17(11-14-5-3-2-4-6-14)18(23)20-12-15-7-9-16(10-8-15)26(19,24)25/h2-11H,12H2,1H3,(H,20,23)(H,21,22)(H2,19,24,25)/b17-11-. The molecule has 0 saturated heterocycles. The molecule has 0 aliphatic rings. The summed E-state index contributed by atoms with van der Waals surface area (Å²) in [6, 6.07) is 14.9. The van der Waals surface area contributed by atoms with E-state index in [-0.39, 0.29) is 23.0 Å². The van der Waals surface area contributed by atoms with E-state index in [0.717, 1.165) is 5.56 Å². The third-order valence-corrected chi connectivity index (χ3v) is 4.30. The van der Waals surface area contributed by atoms with Crippen molar-refractivity contribution in [2.75, 3.05) is 0 Å². The molecule has 0 aliphatic heterocycles. The van der Waals surface area contributed by atoms with Crippen LogP contribution in [0.1, 0.15) is 18.1 Å². The normalized spacial score (nSPS) is 11.7. The smallest absolute Gasteiger partial charge is 0.268 e. The maximum atomic E-state index is 12.4. The zero-order valence-electron chi connectivity index (χ0n) is 14.1. The van der Waals surface area contributed by atoms with Gasteiger partial charge in [0.25, 0.3) is 5.91 Å². The first kappa shape index (κ1) is 19.4. The predicted molar refractivity (Wildman–Crippen MR) is 97.9 cm³/mol. The number of carbonyl (C=O) groups is 2. The second-order valence-corrected chi connectivity index (χ2v) is 7.08. The molecule has 26 heavy (non-hydrogen) atoms. The van der Waals surface area contributed by atoms with Crippen LogP contribution >= 0.6 is 0 Å². The number of hydrogen-bond donors (Lipinski definition) is 3. The van der Waals surface area contributed by atoms with Crippen molar-refractivity contribution in [2.24, 2.45) is 5.14 Å². The topological polar surface area (TPSA) is 118 Å². The van der Waals surface area contributed by atoms with Crippen molar-refractivity contribution in [1.82, 2.24) is 10.6 Å². The molecule has 0 bridgehead atoms. The Balaban J connectivity index is 2.10. The van der Waals surface area contributed by atoms with Gasteiger partial charge in [-0.2, -0.15) is 0 Å². The molecular formula is C18H19N3O4S. The van der Waals surface area contributed by atoms with Gasteiger partial charge in [-0.15, -0.1) is 0 Å². The molecule has 0 radical (unpaired) electrons. The van der Waals surface area contributed by atoms with Crippen LogP contribution in [0.15, 0.2) is 65.2 Å². The molecule has 0 fully saturated rings. The second-order valence-electron chi connectivity index (χ2n) is 5.52. The molecule has 2 aromatic rings. The number of hydrogen-bond acceptors (Lipinski definition) is 4. The maximum Gasteiger partial charge on any atom is 0.268 e. The average molecular weight is 373 g/mol. The van der Waals surface area contributed by atoms with Gasteiger partial charge in [0.2, 0.25) is 15.9 Å². The molecule has 0 saturated carbocycles. The number of rotatable bonds is 6. The molecule has 136 valence electrons. The molecule has 0 atom stereocenters. The van der Waals surface area contributed by atoms with Crippen LogP contribution in [0.25, 0.3) is 6.08 Å². The van der Waals surface area contributed by atoms with Gasteiger partial charge in [0, 0.05) is 13.5 Å². The third kappa shape index (κ3) is 5.83. The van der Waals surface area contributed by atoms with Crippen molar-refractivity contribution in [2.45, 2.75) is 18.4 Å². The monoisotopic (exact) mass is 373 g/mol. The van der Waals surface area contributed by atoms with Crippen LogP contribution in [0.3, 0.4) is 0 Å². The van der Waals surface area contributed by atoms with E-state index in [4.69, 9.17) is 5.14 Å². The number of amides is 2. The summed E-state index contributed by atoms with van der Waals surface area (Å²) in [7, 11) is -3.76. The van der Waals surface area contributed by atoms with E-state index in [1.165, 1.54) is 19.1 Å². The molecule has 7 nitrogen and oxygen atoms in total. The molecule has 8 heteroatoms. The molecule has 0 heterocycles. The van der Waals surface area contributed by atoms with Crippen molar-refractivity contribution < 1.29 is 18.0 Å². The minimum Gasteiger partial charge on any atom is -0.347 e. The number of sulfonamides is 1. The first-order chi connectivity index (χ1) is 12.3. The average Bonchev–Trinajstić information content (AvgIpc) is 2.59. The summed E-state index contributed by atoms with van der Waals surface area (Å²) in [6.07, 6.45) is 1.57. The van der Waals surface area contributed by atoms with Crippen LogP contribution in [0.2, 0.25) is 0 Å². The summed E-state index contributed by atoms with van der Waals surface area (Å²) in [6.45, 7) is 1.48. The molecule has 2 aromatic carbocycles. The van der Waals surface area contributed by atoms with Crippen LogP contribution in [0, 0.1) is 0 Å². The molecule has 2 rings (SSSR count). The van der Waals surface area contributed by atoms with Crippen molar-refractivity contribution in [3.8, 4) is 0 Å². The van der Waals surface area contributed by atoms with Gasteiger partial charge < -0.3 is 10.6 Å². The van der Waals surface area contributed by atoms with Crippen LogP contribution in [-0.4, -0.2) is 20.2 Å². The largest absolute Gasteiger partial charge is 0.347 e. The highest BCUT2D eigenvalue weighted by molar-refractivity contribution is 7.89. The summed E-state index contributed by atoms with van der Waals surface area (Å²) < 4.78 is 22.5. The molecular weight excluding hydrogens is 354 g/mol. The van der Waals surface area contributed by atoms with Crippen molar-refractivity contribution in [3.63, 3.8) is 0 Å². The highest BCUT2D eigenvalue weighted by atomic mass is 32.2. The number of nitrogens with two attached hydrogens (primary N) is 1. The zero-order chi connectivity index (χ0) is 19.2. The van der Waals surface area contributed by atoms with Crippen molar-refractivity contribution >= 4 is 27.9 Å². The molecule has 0 spiro atoms. The zero-order valence-corrected chi connectivity index (χ0v) is 14.9. The Morgan fingerprint density at radius 1 is 1.04 bits per heavy atom. The molecule has 4 N–H and O–H groups in total. The fourth-order valence-corrected chi connectivity index (χ4v) is 2.65. The minimum atomic E-state index is -3.76. The number of benzene rings is 2. The molecule has 0 aromatic heterocycles. The van der Waals surface area contributed by atoms with Crippen LogP contribution in [-0.2, 0) is 26.2 Å². The lowest BCUT2D eigenvalue weighted by molar-refractivity contribution is -0.122. The van der Waals surface area contributed by atoms with Gasteiger partial charge in [-0.05, 0) is 29.3 Å². The Hall–Kier alpha value is -2.97. The lowest BCUT2D eigenvalue weighted by atomic mass is 10.2. The quantitative estimate of drug-likeness (QED) is 0.658. The minimum absolute atomic E-state index is 0.00418. The van der Waals surface area contributed by atoms with Crippen molar-refractivity contribution in [1.29, 1.82) is 0 Å². The SMILES string of the molecule is CC(=O)N/C(=C\c1ccccc1)C(=O)NCc1ccc(S(N)(=O)=O)cc1. The summed E-state index contributed by atoms with van der Waals surface area (Å²) in [4.78, 5) is 23.7. The predicted octanol–water partition coefficient (Wildman–Crippen LogP) is 1.13. The van der Waals surface area contributed by atoms with E-state index in [9.17, 15) is 18.0 Å². The van der Waals surface area contributed by atoms with Gasteiger partial charge in [-0.3, -0.25) is 9.59 Å². The van der Waals surface area contributed by atoms with Gasteiger partial charge in [-0.1, -0.05) is 42.5 Å². The van der Waals surface area contributed by atoms with Gasteiger partial charge in [0.1, 0.15) is 5.70 Å². The van der Waals surface area contributed by atoms with E-state index in [2.05, 4.69) is 10.6 Å². The van der Waals surface area contributed by atoms with Gasteiger partial charge in [0.15, 0.2) is 0 Å².